The van der Waals surface area contributed by atoms with E-state index in [2.05, 4.69) is 119 Å². The van der Waals surface area contributed by atoms with E-state index < -0.39 is 11.6 Å². The van der Waals surface area contributed by atoms with Gasteiger partial charge >= 0.3 is 11.9 Å². The monoisotopic (exact) mass is 912 g/mol. The number of esters is 1. The molecule has 340 valence electrons. The second-order valence-corrected chi connectivity index (χ2v) is 16.7. The molecule has 0 spiro atoms. The summed E-state index contributed by atoms with van der Waals surface area (Å²) in [6.07, 6.45) is 2.18. The van der Waals surface area contributed by atoms with Crippen molar-refractivity contribution in [3.05, 3.63) is 156 Å². The quantitative estimate of drug-likeness (QED) is 0.117. The van der Waals surface area contributed by atoms with Crippen LogP contribution in [0, 0.1) is 0 Å². The lowest BCUT2D eigenvalue weighted by molar-refractivity contribution is 0.00692. The van der Waals surface area contributed by atoms with E-state index in [0.717, 1.165) is 50.4 Å². The van der Waals surface area contributed by atoms with Crippen molar-refractivity contribution in [2.45, 2.75) is 92.1 Å². The number of halogens is 1. The number of carbonyl (C=O) groups is 2. The maximum atomic E-state index is 12.2. The molecule has 11 heteroatoms. The lowest BCUT2D eigenvalue weighted by Crippen LogP contribution is -2.34. The van der Waals surface area contributed by atoms with Crippen LogP contribution < -0.4 is 20.4 Å². The summed E-state index contributed by atoms with van der Waals surface area (Å²) in [4.78, 5) is 28.0. The predicted molar refractivity (Wildman–Crippen MR) is 279 cm³/mol. The summed E-state index contributed by atoms with van der Waals surface area (Å²) < 4.78 is 5.46. The molecule has 2 aliphatic rings. The lowest BCUT2D eigenvalue weighted by atomic mass is 9.99. The summed E-state index contributed by atoms with van der Waals surface area (Å²) >= 11 is 0. The molecule has 0 aliphatic carbocycles. The van der Waals surface area contributed by atoms with E-state index in [1.807, 2.05) is 57.2 Å². The summed E-state index contributed by atoms with van der Waals surface area (Å²) in [7, 11) is 0. The molecular weight excluding hydrogens is 844 g/mol. The molecule has 63 heavy (non-hydrogen) atoms. The van der Waals surface area contributed by atoms with Gasteiger partial charge in [-0.05, 0) is 129 Å². The molecule has 6 aromatic rings. The van der Waals surface area contributed by atoms with E-state index in [4.69, 9.17) is 9.84 Å². The van der Waals surface area contributed by atoms with Gasteiger partial charge in [-0.3, -0.25) is 0 Å². The molecule has 2 fully saturated rings. The minimum absolute atomic E-state index is 0. The molecule has 3 N–H and O–H groups in total. The normalized spacial score (nSPS) is 16.4. The zero-order valence-corrected chi connectivity index (χ0v) is 38.5. The molecular formula is C52H69ClN4O4S2. The van der Waals surface area contributed by atoms with Crippen LogP contribution in [0.2, 0.25) is 0 Å². The Morgan fingerprint density at radius 2 is 0.984 bits per heavy atom. The molecule has 2 aliphatic heterocycles. The third kappa shape index (κ3) is 13.9. The van der Waals surface area contributed by atoms with Crippen molar-refractivity contribution in [1.29, 1.82) is 0 Å². The first-order chi connectivity index (χ1) is 27.9. The number of rotatable bonds is 10. The van der Waals surface area contributed by atoms with E-state index in [0.29, 0.717) is 23.2 Å². The van der Waals surface area contributed by atoms with E-state index in [9.17, 15) is 9.59 Å². The van der Waals surface area contributed by atoms with Gasteiger partial charge in [-0.1, -0.05) is 99.8 Å². The Balaban J connectivity index is 0.000000404. The fourth-order valence-electron chi connectivity index (χ4n) is 8.36. The van der Waals surface area contributed by atoms with Gasteiger partial charge in [0.25, 0.3) is 0 Å². The number of fused-ring (bicyclic) bond motifs is 2. The zero-order valence-electron chi connectivity index (χ0n) is 35.7. The average Bonchev–Trinajstić information content (AvgIpc) is 3.90. The van der Waals surface area contributed by atoms with Crippen LogP contribution in [-0.4, -0.2) is 60.9 Å². The van der Waals surface area contributed by atoms with Crippen LogP contribution in [-0.2, 0) is 4.74 Å². The smallest absolute Gasteiger partial charge is 0.338 e. The average molecular weight is 914 g/mol. The van der Waals surface area contributed by atoms with Gasteiger partial charge in [-0.25, -0.2) is 9.59 Å². The largest absolute Gasteiger partial charge is 0.478 e. The summed E-state index contributed by atoms with van der Waals surface area (Å²) in [5.41, 5.74) is 5.35. The summed E-state index contributed by atoms with van der Waals surface area (Å²) in [5, 5.41) is 21.8. The molecule has 0 unspecified atom stereocenters. The number of ether oxygens (including phenoxy) is 1. The standard InChI is InChI=1S/C27H32N2O2.C23H24N2O2.2CH4.ClH.2H2S/c1-19(24-11-7-9-20-8-5-6-10-25(20)24)28-22-16-17-29(18-22)23-14-12-21(13-15-23)26(30)31-27(2,3)4;1-16(21-8-4-6-17-5-2-3-7-22(17)21)24-19-13-14-25(15-19)20-11-9-18(10-12-20)23(26)27;;;;;/h5-15,19,22,28H,16-18H2,1-4H3;2-12,16,19,24H,13-15H2,1H3,(H,26,27);2*1H4;1H;2*1H2/t19-,22+;16-,19+;;;;;/m11...../s1. The van der Waals surface area contributed by atoms with Crippen molar-refractivity contribution < 1.29 is 19.4 Å². The van der Waals surface area contributed by atoms with Crippen LogP contribution in [0.1, 0.15) is 106 Å². The van der Waals surface area contributed by atoms with Crippen molar-refractivity contribution in [3.63, 3.8) is 0 Å². The fourth-order valence-corrected chi connectivity index (χ4v) is 8.36. The molecule has 0 radical (unpaired) electrons. The zero-order chi connectivity index (χ0) is 40.8. The van der Waals surface area contributed by atoms with Crippen molar-refractivity contribution >= 4 is 84.3 Å². The molecule has 8 rings (SSSR count). The number of carbonyl (C=O) groups excluding carboxylic acids is 1. The van der Waals surface area contributed by atoms with Gasteiger partial charge < -0.3 is 30.3 Å². The van der Waals surface area contributed by atoms with E-state index in [-0.39, 0.29) is 72.3 Å². The first kappa shape index (κ1) is 54.4. The third-order valence-corrected chi connectivity index (χ3v) is 11.3. The number of nitrogens with one attached hydrogen (secondary N) is 2. The Morgan fingerprint density at radius 3 is 1.38 bits per heavy atom. The van der Waals surface area contributed by atoms with E-state index >= 15 is 0 Å². The Labute approximate surface area is 396 Å². The number of aromatic carboxylic acids is 1. The Bertz CT molecular complexity index is 2350. The number of carboxylic acid groups (broad SMARTS) is 1. The van der Waals surface area contributed by atoms with Crippen LogP contribution in [0.3, 0.4) is 0 Å². The highest BCUT2D eigenvalue weighted by Gasteiger charge is 2.27. The molecule has 0 amide bonds. The second kappa shape index (κ2) is 24.4. The maximum absolute atomic E-state index is 12.2. The van der Waals surface area contributed by atoms with Gasteiger partial charge in [0, 0.05) is 61.7 Å². The molecule has 2 heterocycles. The number of nitrogens with zero attached hydrogens (tertiary/aromatic N) is 2. The van der Waals surface area contributed by atoms with Crippen LogP contribution in [0.25, 0.3) is 21.5 Å². The van der Waals surface area contributed by atoms with Crippen molar-refractivity contribution in [3.8, 4) is 0 Å². The number of anilines is 2. The fraction of sp³-hybridized carbons (Fsp3) is 0.346. The van der Waals surface area contributed by atoms with Gasteiger partial charge in [0.1, 0.15) is 5.60 Å². The van der Waals surface area contributed by atoms with Crippen LogP contribution in [0.15, 0.2) is 133 Å². The number of hydrogen-bond donors (Lipinski definition) is 3. The summed E-state index contributed by atoms with van der Waals surface area (Å²) in [6, 6.07) is 46.5. The van der Waals surface area contributed by atoms with Crippen LogP contribution in [0.4, 0.5) is 11.4 Å². The molecule has 8 nitrogen and oxygen atoms in total. The van der Waals surface area contributed by atoms with Crippen LogP contribution in [0.5, 0.6) is 0 Å². The number of benzene rings is 6. The second-order valence-electron chi connectivity index (χ2n) is 16.7. The highest BCUT2D eigenvalue weighted by atomic mass is 35.5. The van der Waals surface area contributed by atoms with Crippen molar-refractivity contribution in [2.75, 3.05) is 36.0 Å². The first-order valence-electron chi connectivity index (χ1n) is 20.6. The van der Waals surface area contributed by atoms with Gasteiger partial charge in [0.05, 0.1) is 11.1 Å². The minimum atomic E-state index is -0.883. The molecule has 0 saturated carbocycles. The van der Waals surface area contributed by atoms with E-state index in [1.54, 1.807) is 12.1 Å². The predicted octanol–water partition coefficient (Wildman–Crippen LogP) is 12.1. The van der Waals surface area contributed by atoms with Gasteiger partial charge in [-0.2, -0.15) is 27.0 Å². The maximum Gasteiger partial charge on any atom is 0.338 e. The third-order valence-electron chi connectivity index (χ3n) is 11.3. The Kier molecular flexibility index (Phi) is 21.1. The minimum Gasteiger partial charge on any atom is -0.478 e. The highest BCUT2D eigenvalue weighted by molar-refractivity contribution is 7.59. The van der Waals surface area contributed by atoms with Gasteiger partial charge in [-0.15, -0.1) is 12.4 Å². The number of hydrogen-bond acceptors (Lipinski definition) is 7. The van der Waals surface area contributed by atoms with Crippen LogP contribution >= 0.6 is 39.4 Å². The van der Waals surface area contributed by atoms with Crippen molar-refractivity contribution in [1.82, 2.24) is 10.6 Å². The molecule has 4 atom stereocenters. The molecule has 0 bridgehead atoms. The number of carboxylic acids is 1. The molecule has 0 aromatic heterocycles. The highest BCUT2D eigenvalue weighted by Crippen LogP contribution is 2.29. The lowest BCUT2D eigenvalue weighted by Gasteiger charge is -2.23. The summed E-state index contributed by atoms with van der Waals surface area (Å²) in [6.45, 7) is 14.0. The Morgan fingerprint density at radius 1 is 0.603 bits per heavy atom. The van der Waals surface area contributed by atoms with Crippen molar-refractivity contribution in [2.24, 2.45) is 0 Å². The topological polar surface area (TPSA) is 94.1 Å². The van der Waals surface area contributed by atoms with Gasteiger partial charge in [0.15, 0.2) is 0 Å². The van der Waals surface area contributed by atoms with Gasteiger partial charge in [0.2, 0.25) is 0 Å². The molecule has 6 aromatic carbocycles. The Hall–Kier alpha value is -4.71. The molecule has 2 saturated heterocycles. The van der Waals surface area contributed by atoms with E-state index in [1.165, 1.54) is 32.7 Å². The first-order valence-corrected chi connectivity index (χ1v) is 20.6. The summed E-state index contributed by atoms with van der Waals surface area (Å²) in [5.74, 6) is -1.16. The SMILES string of the molecule is C.C.C[C@@H](N[C@H]1CCN(c2ccc(C(=O)O)cc2)C1)c1cccc2ccccc12.C[C@@H](N[C@H]1CCN(c2ccc(C(=O)OC(C)(C)C)cc2)C1)c1cccc2ccccc12.Cl.S.S.